The standard InChI is InChI=1S/C20H35N3O5/c1-3-4-5-6-7-8-9-12-17(24)21-14-18(25)22-15-19(26)23-13-10-11-16(23)20(27)28-2/h16H,3-15H2,1-2H3,(H,21,24)(H,22,25)/t16-/m0/s1. The van der Waals surface area contributed by atoms with Gasteiger partial charge >= 0.3 is 5.97 Å². The molecular formula is C20H35N3O5. The molecule has 0 spiro atoms. The average Bonchev–Trinajstić information content (AvgIpc) is 3.19. The van der Waals surface area contributed by atoms with Crippen LogP contribution in [0.1, 0.15) is 71.1 Å². The van der Waals surface area contributed by atoms with Crippen molar-refractivity contribution < 1.29 is 23.9 Å². The summed E-state index contributed by atoms with van der Waals surface area (Å²) < 4.78 is 4.70. The number of nitrogens with zero attached hydrogens (tertiary/aromatic N) is 1. The van der Waals surface area contributed by atoms with E-state index >= 15 is 0 Å². The first-order chi connectivity index (χ1) is 13.5. The van der Waals surface area contributed by atoms with Gasteiger partial charge in [-0.1, -0.05) is 45.4 Å². The fourth-order valence-corrected chi connectivity index (χ4v) is 3.29. The van der Waals surface area contributed by atoms with Crippen LogP contribution in [0.3, 0.4) is 0 Å². The zero-order valence-electron chi connectivity index (χ0n) is 17.3. The normalized spacial score (nSPS) is 15.9. The van der Waals surface area contributed by atoms with E-state index in [2.05, 4.69) is 17.6 Å². The van der Waals surface area contributed by atoms with Crippen LogP contribution in [0.15, 0.2) is 0 Å². The quantitative estimate of drug-likeness (QED) is 0.362. The van der Waals surface area contributed by atoms with Gasteiger partial charge in [0, 0.05) is 13.0 Å². The Labute approximate surface area is 167 Å². The van der Waals surface area contributed by atoms with Gasteiger partial charge < -0.3 is 20.3 Å². The van der Waals surface area contributed by atoms with Gasteiger partial charge in [0.25, 0.3) is 0 Å². The zero-order chi connectivity index (χ0) is 20.8. The van der Waals surface area contributed by atoms with E-state index in [4.69, 9.17) is 4.74 Å². The van der Waals surface area contributed by atoms with E-state index in [1.165, 1.54) is 37.7 Å². The first-order valence-corrected chi connectivity index (χ1v) is 10.4. The maximum atomic E-state index is 12.2. The zero-order valence-corrected chi connectivity index (χ0v) is 17.3. The number of nitrogens with one attached hydrogen (secondary N) is 2. The molecule has 8 heteroatoms. The van der Waals surface area contributed by atoms with Gasteiger partial charge in [-0.05, 0) is 19.3 Å². The van der Waals surface area contributed by atoms with E-state index in [0.29, 0.717) is 19.4 Å². The summed E-state index contributed by atoms with van der Waals surface area (Å²) in [5, 5.41) is 5.06. The number of methoxy groups -OCH3 is 1. The van der Waals surface area contributed by atoms with Crippen LogP contribution in [0.25, 0.3) is 0 Å². The van der Waals surface area contributed by atoms with Gasteiger partial charge in [0.2, 0.25) is 17.7 Å². The lowest BCUT2D eigenvalue weighted by Gasteiger charge is -2.22. The Bertz CT molecular complexity index is 524. The minimum absolute atomic E-state index is 0.150. The maximum Gasteiger partial charge on any atom is 0.328 e. The van der Waals surface area contributed by atoms with Gasteiger partial charge in [0.15, 0.2) is 0 Å². The Morgan fingerprint density at radius 2 is 1.57 bits per heavy atom. The number of amides is 3. The van der Waals surface area contributed by atoms with Crippen LogP contribution in [-0.4, -0.2) is 61.4 Å². The van der Waals surface area contributed by atoms with Crippen molar-refractivity contribution in [2.24, 2.45) is 0 Å². The molecule has 0 aliphatic carbocycles. The lowest BCUT2D eigenvalue weighted by Crippen LogP contribution is -2.47. The Balaban J connectivity index is 2.13. The van der Waals surface area contributed by atoms with E-state index < -0.39 is 17.9 Å². The largest absolute Gasteiger partial charge is 0.467 e. The molecule has 1 aliphatic rings. The van der Waals surface area contributed by atoms with E-state index in [0.717, 1.165) is 25.7 Å². The first-order valence-electron chi connectivity index (χ1n) is 10.4. The van der Waals surface area contributed by atoms with Crippen molar-refractivity contribution in [2.75, 3.05) is 26.7 Å². The number of ether oxygens (including phenoxy) is 1. The third kappa shape index (κ3) is 9.19. The maximum absolute atomic E-state index is 12.2. The van der Waals surface area contributed by atoms with Crippen molar-refractivity contribution in [3.05, 3.63) is 0 Å². The highest BCUT2D eigenvalue weighted by Gasteiger charge is 2.34. The molecule has 0 radical (unpaired) electrons. The van der Waals surface area contributed by atoms with Crippen molar-refractivity contribution in [1.82, 2.24) is 15.5 Å². The molecule has 1 fully saturated rings. The van der Waals surface area contributed by atoms with Crippen molar-refractivity contribution in [1.29, 1.82) is 0 Å². The van der Waals surface area contributed by atoms with E-state index in [1.807, 2.05) is 0 Å². The summed E-state index contributed by atoms with van der Waals surface area (Å²) in [4.78, 5) is 48.9. The molecule has 8 nitrogen and oxygen atoms in total. The van der Waals surface area contributed by atoms with Gasteiger partial charge in [-0.15, -0.1) is 0 Å². The minimum atomic E-state index is -0.573. The number of carbonyl (C=O) groups excluding carboxylic acids is 4. The number of hydrogen-bond acceptors (Lipinski definition) is 5. The third-order valence-corrected chi connectivity index (χ3v) is 4.94. The lowest BCUT2D eigenvalue weighted by molar-refractivity contribution is -0.150. The molecule has 1 aliphatic heterocycles. The monoisotopic (exact) mass is 397 g/mol. The van der Waals surface area contributed by atoms with Crippen molar-refractivity contribution >= 4 is 23.7 Å². The molecule has 0 unspecified atom stereocenters. The molecule has 0 aromatic rings. The summed E-state index contributed by atoms with van der Waals surface area (Å²) in [5.41, 5.74) is 0. The fraction of sp³-hybridized carbons (Fsp3) is 0.800. The number of carbonyl (C=O) groups is 4. The summed E-state index contributed by atoms with van der Waals surface area (Å²) in [5.74, 6) is -1.33. The van der Waals surface area contributed by atoms with Gasteiger partial charge in [0.1, 0.15) is 6.04 Å². The molecule has 0 bridgehead atoms. The van der Waals surface area contributed by atoms with Crippen molar-refractivity contribution in [3.8, 4) is 0 Å². The molecule has 28 heavy (non-hydrogen) atoms. The molecule has 1 atom stereocenters. The Morgan fingerprint density at radius 1 is 0.929 bits per heavy atom. The summed E-state index contributed by atoms with van der Waals surface area (Å²) >= 11 is 0. The third-order valence-electron chi connectivity index (χ3n) is 4.94. The molecule has 1 saturated heterocycles. The molecule has 1 rings (SSSR count). The van der Waals surface area contributed by atoms with E-state index in [1.54, 1.807) is 0 Å². The second-order valence-electron chi connectivity index (χ2n) is 7.19. The van der Waals surface area contributed by atoms with Crippen LogP contribution in [-0.2, 0) is 23.9 Å². The average molecular weight is 398 g/mol. The van der Waals surface area contributed by atoms with Crippen LogP contribution in [0.4, 0.5) is 0 Å². The highest BCUT2D eigenvalue weighted by atomic mass is 16.5. The van der Waals surface area contributed by atoms with Crippen LogP contribution >= 0.6 is 0 Å². The number of unbranched alkanes of at least 4 members (excludes halogenated alkanes) is 6. The van der Waals surface area contributed by atoms with Gasteiger partial charge in [-0.2, -0.15) is 0 Å². The van der Waals surface area contributed by atoms with Gasteiger partial charge in [0.05, 0.1) is 20.2 Å². The fourth-order valence-electron chi connectivity index (χ4n) is 3.29. The van der Waals surface area contributed by atoms with E-state index in [-0.39, 0.29) is 24.9 Å². The Morgan fingerprint density at radius 3 is 2.25 bits per heavy atom. The molecule has 1 heterocycles. The van der Waals surface area contributed by atoms with Crippen LogP contribution < -0.4 is 10.6 Å². The lowest BCUT2D eigenvalue weighted by atomic mass is 10.1. The highest BCUT2D eigenvalue weighted by Crippen LogP contribution is 2.18. The molecule has 160 valence electrons. The molecule has 0 aromatic carbocycles. The van der Waals surface area contributed by atoms with Crippen LogP contribution in [0, 0.1) is 0 Å². The number of rotatable bonds is 13. The highest BCUT2D eigenvalue weighted by molar-refractivity contribution is 5.90. The van der Waals surface area contributed by atoms with Crippen LogP contribution in [0.2, 0.25) is 0 Å². The molecular weight excluding hydrogens is 362 g/mol. The minimum Gasteiger partial charge on any atom is -0.467 e. The number of hydrogen-bond donors (Lipinski definition) is 2. The summed E-state index contributed by atoms with van der Waals surface area (Å²) in [6.07, 6.45) is 9.64. The van der Waals surface area contributed by atoms with E-state index in [9.17, 15) is 19.2 Å². The van der Waals surface area contributed by atoms with Gasteiger partial charge in [-0.3, -0.25) is 14.4 Å². The number of esters is 1. The second-order valence-corrected chi connectivity index (χ2v) is 7.19. The van der Waals surface area contributed by atoms with Crippen molar-refractivity contribution in [2.45, 2.75) is 77.2 Å². The van der Waals surface area contributed by atoms with Gasteiger partial charge in [-0.25, -0.2) is 4.79 Å². The second kappa shape index (κ2) is 14.0. The predicted octanol–water partition coefficient (Wildman–Crippen LogP) is 1.52. The Kier molecular flexibility index (Phi) is 11.9. The smallest absolute Gasteiger partial charge is 0.328 e. The number of likely N-dealkylation sites (tertiary alicyclic amines) is 1. The van der Waals surface area contributed by atoms with Crippen molar-refractivity contribution in [3.63, 3.8) is 0 Å². The summed E-state index contributed by atoms with van der Waals surface area (Å²) in [7, 11) is 1.29. The molecule has 3 amide bonds. The topological polar surface area (TPSA) is 105 Å². The van der Waals surface area contributed by atoms with Crippen LogP contribution in [0.5, 0.6) is 0 Å². The molecule has 0 saturated carbocycles. The summed E-state index contributed by atoms with van der Waals surface area (Å²) in [6, 6.07) is -0.573. The first kappa shape index (κ1) is 23.9. The predicted molar refractivity (Wildman–Crippen MR) is 105 cm³/mol. The molecule has 0 aromatic heterocycles. The molecule has 2 N–H and O–H groups in total. The SMILES string of the molecule is CCCCCCCCCC(=O)NCC(=O)NCC(=O)N1CCC[C@H]1C(=O)OC. The summed E-state index contributed by atoms with van der Waals surface area (Å²) in [6.45, 7) is 2.31. The Hall–Kier alpha value is -2.12.